The molecule has 3 amide bonds. The molecule has 11 nitrogen and oxygen atoms in total. The second-order valence-electron chi connectivity index (χ2n) is 14.2. The number of fused-ring (bicyclic) bond motifs is 1. The highest BCUT2D eigenvalue weighted by Crippen LogP contribution is 2.39. The third-order valence-corrected chi connectivity index (χ3v) is 11.1. The molecule has 5 aromatic rings. The maximum atomic E-state index is 13.9. The van der Waals surface area contributed by atoms with E-state index >= 15 is 0 Å². The van der Waals surface area contributed by atoms with Crippen LogP contribution in [-0.2, 0) is 41.7 Å². The molecule has 1 aliphatic rings. The number of hydrogen-bond acceptors (Lipinski definition) is 9. The smallest absolute Gasteiger partial charge is 0.356 e. The van der Waals surface area contributed by atoms with Crippen LogP contribution >= 0.6 is 11.3 Å². The number of aryl methyl sites for hydroxylation is 3. The predicted molar refractivity (Wildman–Crippen MR) is 220 cm³/mol. The van der Waals surface area contributed by atoms with Crippen LogP contribution in [0, 0.1) is 0 Å². The SMILES string of the molecule is COC(=O)c1ccc(CCCc2ccc(NC(=O)c3c(NC(=O)c4cccc(CN(C(=O)c5cccc(C(=O)OC)n5)C(C)C)c4)sc4c3CCCC4)cc2)cc1. The van der Waals surface area contributed by atoms with Gasteiger partial charge in [0.1, 0.15) is 16.4 Å². The zero-order valence-corrected chi connectivity index (χ0v) is 33.4. The lowest BCUT2D eigenvalue weighted by Gasteiger charge is -2.27. The molecule has 294 valence electrons. The molecule has 12 heteroatoms. The van der Waals surface area contributed by atoms with Gasteiger partial charge in [0.15, 0.2) is 0 Å². The molecule has 2 heterocycles. The number of rotatable bonds is 14. The van der Waals surface area contributed by atoms with Crippen LogP contribution in [0.2, 0.25) is 0 Å². The summed E-state index contributed by atoms with van der Waals surface area (Å²) < 4.78 is 9.54. The summed E-state index contributed by atoms with van der Waals surface area (Å²) in [5, 5.41) is 6.62. The monoisotopic (exact) mass is 786 g/mol. The Kier molecular flexibility index (Phi) is 13.3. The van der Waals surface area contributed by atoms with E-state index in [0.717, 1.165) is 72.1 Å². The van der Waals surface area contributed by atoms with E-state index in [1.165, 1.54) is 31.6 Å². The molecule has 0 aliphatic heterocycles. The van der Waals surface area contributed by atoms with Crippen molar-refractivity contribution in [2.45, 2.75) is 71.4 Å². The van der Waals surface area contributed by atoms with Gasteiger partial charge in [0.2, 0.25) is 0 Å². The van der Waals surface area contributed by atoms with Gasteiger partial charge in [-0.05, 0) is 130 Å². The Balaban J connectivity index is 1.11. The third kappa shape index (κ3) is 10.0. The number of thiophene rings is 1. The maximum absolute atomic E-state index is 13.9. The van der Waals surface area contributed by atoms with E-state index in [0.29, 0.717) is 27.4 Å². The van der Waals surface area contributed by atoms with Crippen molar-refractivity contribution in [3.05, 3.63) is 146 Å². The van der Waals surface area contributed by atoms with Gasteiger partial charge < -0.3 is 25.0 Å². The summed E-state index contributed by atoms with van der Waals surface area (Å²) in [6.45, 7) is 3.97. The summed E-state index contributed by atoms with van der Waals surface area (Å²) >= 11 is 1.45. The predicted octanol–water partition coefficient (Wildman–Crippen LogP) is 8.33. The van der Waals surface area contributed by atoms with Gasteiger partial charge in [0.05, 0.1) is 25.3 Å². The number of anilines is 2. The molecular weight excluding hydrogens is 741 g/mol. The molecule has 0 fully saturated rings. The zero-order valence-electron chi connectivity index (χ0n) is 32.6. The number of amides is 3. The molecule has 3 aromatic carbocycles. The van der Waals surface area contributed by atoms with Crippen molar-refractivity contribution in [1.29, 1.82) is 0 Å². The van der Waals surface area contributed by atoms with Gasteiger partial charge in [-0.1, -0.05) is 42.5 Å². The van der Waals surface area contributed by atoms with Crippen LogP contribution in [0.1, 0.15) is 112 Å². The molecule has 57 heavy (non-hydrogen) atoms. The van der Waals surface area contributed by atoms with Crippen molar-refractivity contribution >= 4 is 51.7 Å². The highest BCUT2D eigenvalue weighted by atomic mass is 32.1. The second-order valence-corrected chi connectivity index (χ2v) is 15.3. The number of aromatic nitrogens is 1. The van der Waals surface area contributed by atoms with Gasteiger partial charge >= 0.3 is 11.9 Å². The molecule has 2 aromatic heterocycles. The molecule has 2 N–H and O–H groups in total. The van der Waals surface area contributed by atoms with E-state index in [1.54, 1.807) is 47.4 Å². The van der Waals surface area contributed by atoms with Crippen LogP contribution in [0.15, 0.2) is 91.0 Å². The Morgan fingerprint density at radius 1 is 0.719 bits per heavy atom. The minimum absolute atomic E-state index is 0.0392. The topological polar surface area (TPSA) is 144 Å². The average molecular weight is 787 g/mol. The van der Waals surface area contributed by atoms with E-state index < -0.39 is 5.97 Å². The summed E-state index contributed by atoms with van der Waals surface area (Å²) in [6, 6.07) is 26.8. The van der Waals surface area contributed by atoms with Crippen molar-refractivity contribution in [3.63, 3.8) is 0 Å². The van der Waals surface area contributed by atoms with Gasteiger partial charge in [0, 0.05) is 28.7 Å². The van der Waals surface area contributed by atoms with E-state index in [1.807, 2.05) is 56.3 Å². The Labute approximate surface area is 336 Å². The van der Waals surface area contributed by atoms with Gasteiger partial charge in [-0.25, -0.2) is 14.6 Å². The van der Waals surface area contributed by atoms with Crippen molar-refractivity contribution in [1.82, 2.24) is 9.88 Å². The second kappa shape index (κ2) is 18.7. The van der Waals surface area contributed by atoms with E-state index in [2.05, 4.69) is 15.6 Å². The van der Waals surface area contributed by atoms with E-state index in [-0.39, 0.29) is 47.7 Å². The van der Waals surface area contributed by atoms with Gasteiger partial charge in [-0.2, -0.15) is 0 Å². The van der Waals surface area contributed by atoms with Gasteiger partial charge in [-0.3, -0.25) is 14.4 Å². The highest BCUT2D eigenvalue weighted by Gasteiger charge is 2.27. The number of esters is 2. The fourth-order valence-corrected chi connectivity index (χ4v) is 8.14. The van der Waals surface area contributed by atoms with Crippen molar-refractivity contribution < 1.29 is 33.4 Å². The molecule has 0 saturated heterocycles. The fraction of sp³-hybridized carbons (Fsp3) is 0.289. The lowest BCUT2D eigenvalue weighted by molar-refractivity contribution is 0.0586. The summed E-state index contributed by atoms with van der Waals surface area (Å²) in [5.41, 5.74) is 6.25. The molecule has 6 rings (SSSR count). The van der Waals surface area contributed by atoms with Crippen molar-refractivity contribution in [2.24, 2.45) is 0 Å². The minimum atomic E-state index is -0.632. The highest BCUT2D eigenvalue weighted by molar-refractivity contribution is 7.17. The number of pyridine rings is 1. The molecule has 0 bridgehead atoms. The first-order valence-electron chi connectivity index (χ1n) is 19.0. The number of carbonyl (C=O) groups is 5. The maximum Gasteiger partial charge on any atom is 0.356 e. The number of ether oxygens (including phenoxy) is 2. The van der Waals surface area contributed by atoms with Crippen molar-refractivity contribution in [2.75, 3.05) is 24.9 Å². The molecule has 0 unspecified atom stereocenters. The lowest BCUT2D eigenvalue weighted by atomic mass is 9.95. The standard InChI is InChI=1S/C45H46N4O7S/c1-28(2)49(43(52)36-15-9-16-37(47-36)45(54)56-4)27-31-12-8-13-33(26-31)40(50)48-42-39(35-14-5-6-17-38(35)57-42)41(51)46-34-24-20-30(21-25-34)11-7-10-29-18-22-32(23-19-29)44(53)55-3/h8-9,12-13,15-16,18-26,28H,5-7,10-11,14,17,27H2,1-4H3,(H,46,51)(H,48,50). The number of benzene rings is 3. The lowest BCUT2D eigenvalue weighted by Crippen LogP contribution is -2.37. The van der Waals surface area contributed by atoms with E-state index in [9.17, 15) is 24.0 Å². The quantitative estimate of drug-likeness (QED) is 0.107. The van der Waals surface area contributed by atoms with Crippen molar-refractivity contribution in [3.8, 4) is 0 Å². The van der Waals surface area contributed by atoms with Gasteiger partial charge in [-0.15, -0.1) is 11.3 Å². The van der Waals surface area contributed by atoms with Crippen LogP contribution in [0.3, 0.4) is 0 Å². The Morgan fingerprint density at radius 2 is 1.37 bits per heavy atom. The zero-order chi connectivity index (χ0) is 40.5. The minimum Gasteiger partial charge on any atom is -0.465 e. The summed E-state index contributed by atoms with van der Waals surface area (Å²) in [5.74, 6) is -1.97. The summed E-state index contributed by atoms with van der Waals surface area (Å²) in [4.78, 5) is 72.0. The molecule has 0 saturated carbocycles. The van der Waals surface area contributed by atoms with Crippen LogP contribution in [0.4, 0.5) is 10.7 Å². The molecule has 0 spiro atoms. The molecular formula is C45H46N4O7S. The third-order valence-electron chi connectivity index (χ3n) is 9.93. The number of hydrogen-bond donors (Lipinski definition) is 2. The first-order chi connectivity index (χ1) is 27.5. The molecule has 1 aliphatic carbocycles. The van der Waals surface area contributed by atoms with Crippen LogP contribution in [0.5, 0.6) is 0 Å². The van der Waals surface area contributed by atoms with Crippen LogP contribution in [-0.4, -0.2) is 59.8 Å². The largest absolute Gasteiger partial charge is 0.465 e. The summed E-state index contributed by atoms with van der Waals surface area (Å²) in [6.07, 6.45) is 6.26. The Morgan fingerprint density at radius 3 is 2.05 bits per heavy atom. The first kappa shape index (κ1) is 40.5. The van der Waals surface area contributed by atoms with Gasteiger partial charge in [0.25, 0.3) is 17.7 Å². The normalized spacial score (nSPS) is 12.0. The van der Waals surface area contributed by atoms with Crippen LogP contribution < -0.4 is 10.6 Å². The number of nitrogens with one attached hydrogen (secondary N) is 2. The van der Waals surface area contributed by atoms with Crippen LogP contribution in [0.25, 0.3) is 0 Å². The fourth-order valence-electron chi connectivity index (χ4n) is 6.86. The number of carbonyl (C=O) groups excluding carboxylic acids is 5. The first-order valence-corrected chi connectivity index (χ1v) is 19.8. The summed E-state index contributed by atoms with van der Waals surface area (Å²) in [7, 11) is 2.63. The average Bonchev–Trinajstić information content (AvgIpc) is 3.60. The number of nitrogens with zero attached hydrogens (tertiary/aromatic N) is 2. The number of methoxy groups -OCH3 is 2. The Bertz CT molecular complexity index is 2260. The van der Waals surface area contributed by atoms with E-state index in [4.69, 9.17) is 9.47 Å². The molecule has 0 atom stereocenters. The molecule has 0 radical (unpaired) electrons. The Hall–Kier alpha value is -6.14.